The summed E-state index contributed by atoms with van der Waals surface area (Å²) >= 11 is 0. The second-order valence-corrected chi connectivity index (χ2v) is 4.56. The molecule has 0 spiro atoms. The summed E-state index contributed by atoms with van der Waals surface area (Å²) in [6.07, 6.45) is 0. The molecule has 1 unspecified atom stereocenters. The van der Waals surface area contributed by atoms with Gasteiger partial charge in [-0.15, -0.1) is 9.24 Å². The number of rotatable bonds is 1. The van der Waals surface area contributed by atoms with Crippen LogP contribution in [0.25, 0.3) is 22.2 Å². The molecule has 3 rings (SSSR count). The third kappa shape index (κ3) is 1.64. The van der Waals surface area contributed by atoms with Crippen LogP contribution in [-0.2, 0) is 0 Å². The molecule has 1 nitrogen and oxygen atoms in total. The summed E-state index contributed by atoms with van der Waals surface area (Å²) < 4.78 is 0. The summed E-state index contributed by atoms with van der Waals surface area (Å²) in [4.78, 5) is 3.43. The molecule has 0 bridgehead atoms. The van der Waals surface area contributed by atoms with Gasteiger partial charge in [-0.05, 0) is 29.1 Å². The lowest BCUT2D eigenvalue weighted by atomic mass is 10.1. The Labute approximate surface area is 96.7 Å². The molecule has 0 aliphatic carbocycles. The van der Waals surface area contributed by atoms with E-state index in [1.807, 2.05) is 6.07 Å². The third-order valence-electron chi connectivity index (χ3n) is 2.73. The van der Waals surface area contributed by atoms with E-state index in [0.29, 0.717) is 0 Å². The molecule has 0 fully saturated rings. The number of aromatic amines is 1. The molecule has 0 aliphatic heterocycles. The van der Waals surface area contributed by atoms with Crippen LogP contribution in [-0.4, -0.2) is 4.98 Å². The molecule has 1 atom stereocenters. The Morgan fingerprint density at radius 1 is 0.875 bits per heavy atom. The zero-order valence-corrected chi connectivity index (χ0v) is 9.93. The molecular formula is C14H12NP. The summed E-state index contributed by atoms with van der Waals surface area (Å²) in [6, 6.07) is 19.0. The maximum absolute atomic E-state index is 3.43. The summed E-state index contributed by atoms with van der Waals surface area (Å²) in [5.41, 5.74) is 3.58. The van der Waals surface area contributed by atoms with E-state index in [1.165, 1.54) is 27.5 Å². The number of aromatic nitrogens is 1. The fraction of sp³-hybridized carbons (Fsp3) is 0. The lowest BCUT2D eigenvalue weighted by molar-refractivity contribution is 1.45. The Hall–Kier alpha value is -1.59. The van der Waals surface area contributed by atoms with Crippen LogP contribution in [0.15, 0.2) is 54.6 Å². The van der Waals surface area contributed by atoms with E-state index in [-0.39, 0.29) is 0 Å². The van der Waals surface area contributed by atoms with Gasteiger partial charge >= 0.3 is 0 Å². The summed E-state index contributed by atoms with van der Waals surface area (Å²) in [5.74, 6) is 0. The maximum atomic E-state index is 3.43. The molecule has 2 heteroatoms. The van der Waals surface area contributed by atoms with Crippen molar-refractivity contribution in [3.05, 3.63) is 54.6 Å². The molecule has 0 radical (unpaired) electrons. The standard InChI is InChI=1S/C14H12NP/c16-12-6-7-13-11(8-12)9-14(15-13)10-4-2-1-3-5-10/h1-9,15H,16H2. The number of hydrogen-bond donors (Lipinski definition) is 1. The van der Waals surface area contributed by atoms with Crippen molar-refractivity contribution in [2.75, 3.05) is 0 Å². The second-order valence-electron chi connectivity index (χ2n) is 3.90. The number of nitrogens with one attached hydrogen (secondary N) is 1. The van der Waals surface area contributed by atoms with Gasteiger partial charge in [0.15, 0.2) is 0 Å². The van der Waals surface area contributed by atoms with Gasteiger partial charge in [0, 0.05) is 16.6 Å². The molecular weight excluding hydrogens is 213 g/mol. The molecule has 3 aromatic rings. The van der Waals surface area contributed by atoms with E-state index >= 15 is 0 Å². The predicted octanol–water partition coefficient (Wildman–Crippen LogP) is 3.34. The zero-order chi connectivity index (χ0) is 11.0. The van der Waals surface area contributed by atoms with Gasteiger partial charge in [-0.2, -0.15) is 0 Å². The highest BCUT2D eigenvalue weighted by Gasteiger charge is 2.02. The third-order valence-corrected chi connectivity index (χ3v) is 3.09. The van der Waals surface area contributed by atoms with Crippen molar-refractivity contribution in [2.45, 2.75) is 0 Å². The molecule has 2 aromatic carbocycles. The van der Waals surface area contributed by atoms with Gasteiger partial charge in [0.2, 0.25) is 0 Å². The lowest BCUT2D eigenvalue weighted by Gasteiger charge is -1.95. The first-order valence-electron chi connectivity index (χ1n) is 5.26. The van der Waals surface area contributed by atoms with Crippen LogP contribution >= 0.6 is 9.24 Å². The Morgan fingerprint density at radius 2 is 1.69 bits per heavy atom. The Bertz CT molecular complexity index is 626. The number of benzene rings is 2. The minimum absolute atomic E-state index is 1.17. The summed E-state index contributed by atoms with van der Waals surface area (Å²) in [6.45, 7) is 0. The average Bonchev–Trinajstić information content (AvgIpc) is 2.73. The Morgan fingerprint density at radius 3 is 2.50 bits per heavy atom. The summed E-state index contributed by atoms with van der Waals surface area (Å²) in [7, 11) is 2.73. The van der Waals surface area contributed by atoms with Gasteiger partial charge in [-0.3, -0.25) is 0 Å². The minimum atomic E-state index is 1.17. The number of fused-ring (bicyclic) bond motifs is 1. The predicted molar refractivity (Wildman–Crippen MR) is 73.1 cm³/mol. The Balaban J connectivity index is 2.19. The van der Waals surface area contributed by atoms with E-state index < -0.39 is 0 Å². The quantitative estimate of drug-likeness (QED) is 0.611. The highest BCUT2D eigenvalue weighted by molar-refractivity contribution is 7.27. The van der Waals surface area contributed by atoms with Crippen molar-refractivity contribution >= 4 is 25.4 Å². The largest absolute Gasteiger partial charge is 0.355 e. The number of hydrogen-bond acceptors (Lipinski definition) is 0. The van der Waals surface area contributed by atoms with Crippen LogP contribution in [0.2, 0.25) is 0 Å². The van der Waals surface area contributed by atoms with Crippen LogP contribution in [0.3, 0.4) is 0 Å². The van der Waals surface area contributed by atoms with E-state index in [2.05, 4.69) is 62.8 Å². The lowest BCUT2D eigenvalue weighted by Crippen LogP contribution is -1.85. The van der Waals surface area contributed by atoms with Gasteiger partial charge in [0.1, 0.15) is 0 Å². The van der Waals surface area contributed by atoms with Crippen molar-refractivity contribution in [1.82, 2.24) is 4.98 Å². The van der Waals surface area contributed by atoms with Crippen molar-refractivity contribution in [2.24, 2.45) is 0 Å². The fourth-order valence-corrected chi connectivity index (χ4v) is 2.20. The first-order chi connectivity index (χ1) is 7.83. The SMILES string of the molecule is Pc1ccc2[nH]c(-c3ccccc3)cc2c1. The maximum Gasteiger partial charge on any atom is 0.0464 e. The molecule has 0 amide bonds. The molecule has 16 heavy (non-hydrogen) atoms. The van der Waals surface area contributed by atoms with E-state index in [1.54, 1.807) is 0 Å². The molecule has 0 saturated heterocycles. The number of H-pyrrole nitrogens is 1. The normalized spacial score (nSPS) is 10.8. The van der Waals surface area contributed by atoms with Crippen LogP contribution in [0.1, 0.15) is 0 Å². The van der Waals surface area contributed by atoms with Crippen LogP contribution in [0, 0.1) is 0 Å². The van der Waals surface area contributed by atoms with E-state index in [4.69, 9.17) is 0 Å². The molecule has 1 N–H and O–H groups in total. The van der Waals surface area contributed by atoms with E-state index in [9.17, 15) is 0 Å². The van der Waals surface area contributed by atoms with Crippen molar-refractivity contribution in [3.63, 3.8) is 0 Å². The first-order valence-corrected chi connectivity index (χ1v) is 5.84. The molecule has 1 aromatic heterocycles. The zero-order valence-electron chi connectivity index (χ0n) is 8.77. The van der Waals surface area contributed by atoms with Crippen LogP contribution < -0.4 is 5.30 Å². The Kier molecular flexibility index (Phi) is 2.27. The first kappa shape index (κ1) is 9.62. The minimum Gasteiger partial charge on any atom is -0.355 e. The topological polar surface area (TPSA) is 15.8 Å². The van der Waals surface area contributed by atoms with E-state index in [0.717, 1.165) is 0 Å². The van der Waals surface area contributed by atoms with Crippen LogP contribution in [0.4, 0.5) is 0 Å². The molecule has 1 heterocycles. The highest BCUT2D eigenvalue weighted by Crippen LogP contribution is 2.23. The molecule has 0 aliphatic rings. The second kappa shape index (κ2) is 3.77. The smallest absolute Gasteiger partial charge is 0.0464 e. The fourth-order valence-electron chi connectivity index (χ4n) is 1.92. The summed E-state index contributed by atoms with van der Waals surface area (Å²) in [5, 5.41) is 2.47. The van der Waals surface area contributed by atoms with Crippen molar-refractivity contribution in [3.8, 4) is 11.3 Å². The van der Waals surface area contributed by atoms with Gasteiger partial charge in [0.05, 0.1) is 0 Å². The van der Waals surface area contributed by atoms with Gasteiger partial charge in [0.25, 0.3) is 0 Å². The van der Waals surface area contributed by atoms with Crippen LogP contribution in [0.5, 0.6) is 0 Å². The van der Waals surface area contributed by atoms with Gasteiger partial charge < -0.3 is 4.98 Å². The molecule has 0 saturated carbocycles. The van der Waals surface area contributed by atoms with Gasteiger partial charge in [-0.1, -0.05) is 36.4 Å². The molecule has 78 valence electrons. The monoisotopic (exact) mass is 225 g/mol. The van der Waals surface area contributed by atoms with Crippen molar-refractivity contribution in [1.29, 1.82) is 0 Å². The van der Waals surface area contributed by atoms with Crippen molar-refractivity contribution < 1.29 is 0 Å². The highest BCUT2D eigenvalue weighted by atomic mass is 31.0. The van der Waals surface area contributed by atoms with Gasteiger partial charge in [-0.25, -0.2) is 0 Å². The average molecular weight is 225 g/mol.